The monoisotopic (exact) mass is 404 g/mol. The number of hydrogen-bond acceptors (Lipinski definition) is 5. The van der Waals surface area contributed by atoms with Crippen molar-refractivity contribution in [3.63, 3.8) is 0 Å². The Morgan fingerprint density at radius 1 is 1.10 bits per heavy atom. The molecule has 30 heavy (non-hydrogen) atoms. The molecule has 2 aromatic heterocycles. The number of amides is 1. The Morgan fingerprint density at radius 2 is 1.87 bits per heavy atom. The molecular weight excluding hydrogens is 376 g/mol. The molecule has 0 bridgehead atoms. The number of rotatable bonds is 5. The molecule has 1 aliphatic heterocycles. The molecule has 7 heteroatoms. The van der Waals surface area contributed by atoms with Gasteiger partial charge in [-0.3, -0.25) is 14.5 Å². The van der Waals surface area contributed by atoms with E-state index in [1.165, 1.54) is 0 Å². The van der Waals surface area contributed by atoms with E-state index in [2.05, 4.69) is 21.2 Å². The van der Waals surface area contributed by atoms with Gasteiger partial charge in [0.25, 0.3) is 0 Å². The molecular formula is C23H28N6O. The maximum Gasteiger partial charge on any atom is 0.225 e. The number of benzene rings is 1. The topological polar surface area (TPSA) is 89.9 Å². The van der Waals surface area contributed by atoms with E-state index >= 15 is 0 Å². The summed E-state index contributed by atoms with van der Waals surface area (Å²) in [5.74, 6) is 1.22. The van der Waals surface area contributed by atoms with Crippen LogP contribution in [-0.4, -0.2) is 50.2 Å². The van der Waals surface area contributed by atoms with Gasteiger partial charge in [-0.1, -0.05) is 12.1 Å². The summed E-state index contributed by atoms with van der Waals surface area (Å²) in [5, 5.41) is 4.59. The second-order valence-electron chi connectivity index (χ2n) is 8.62. The first-order valence-corrected chi connectivity index (χ1v) is 11.0. The second-order valence-corrected chi connectivity index (χ2v) is 8.62. The van der Waals surface area contributed by atoms with Crippen molar-refractivity contribution in [1.29, 1.82) is 0 Å². The van der Waals surface area contributed by atoms with Gasteiger partial charge in [-0.15, -0.1) is 0 Å². The van der Waals surface area contributed by atoms with Gasteiger partial charge in [0.05, 0.1) is 35.2 Å². The third kappa shape index (κ3) is 3.69. The van der Waals surface area contributed by atoms with Gasteiger partial charge in [-0.25, -0.2) is 4.98 Å². The average Bonchev–Trinajstić information content (AvgIpc) is 3.26. The molecule has 1 amide bonds. The molecule has 7 nitrogen and oxygen atoms in total. The van der Waals surface area contributed by atoms with E-state index in [-0.39, 0.29) is 5.92 Å². The summed E-state index contributed by atoms with van der Waals surface area (Å²) in [6.07, 6.45) is 10.7. The van der Waals surface area contributed by atoms with Gasteiger partial charge in [-0.05, 0) is 56.7 Å². The van der Waals surface area contributed by atoms with Crippen molar-refractivity contribution in [2.45, 2.75) is 38.1 Å². The van der Waals surface area contributed by atoms with E-state index in [9.17, 15) is 4.79 Å². The predicted molar refractivity (Wildman–Crippen MR) is 115 cm³/mol. The van der Waals surface area contributed by atoms with Crippen LogP contribution in [0.3, 0.4) is 0 Å². The highest BCUT2D eigenvalue weighted by atomic mass is 16.2. The normalized spacial score (nSPS) is 22.2. The van der Waals surface area contributed by atoms with Crippen LogP contribution in [0.4, 0.5) is 0 Å². The van der Waals surface area contributed by atoms with Crippen LogP contribution in [0.5, 0.6) is 0 Å². The number of likely N-dealkylation sites (tertiary alicyclic amines) is 1. The van der Waals surface area contributed by atoms with Crippen molar-refractivity contribution in [3.8, 4) is 11.3 Å². The van der Waals surface area contributed by atoms with Gasteiger partial charge in [0.15, 0.2) is 0 Å². The molecule has 0 spiro atoms. The van der Waals surface area contributed by atoms with E-state index in [0.29, 0.717) is 17.9 Å². The zero-order chi connectivity index (χ0) is 20.5. The van der Waals surface area contributed by atoms with Crippen LogP contribution < -0.4 is 5.73 Å². The fourth-order valence-corrected chi connectivity index (χ4v) is 4.78. The molecule has 0 atom stereocenters. The number of aromatic nitrogens is 4. The molecule has 3 aromatic rings. The quantitative estimate of drug-likeness (QED) is 0.706. The first-order chi connectivity index (χ1) is 14.7. The first kappa shape index (κ1) is 19.2. The second kappa shape index (κ2) is 8.14. The molecule has 1 saturated heterocycles. The molecule has 2 aliphatic rings. The number of nitrogens with zero attached hydrogens (tertiary/aromatic N) is 5. The highest BCUT2D eigenvalue weighted by molar-refractivity contribution is 5.80. The summed E-state index contributed by atoms with van der Waals surface area (Å²) in [5.41, 5.74) is 9.23. The number of hydrogen-bond donors (Lipinski definition) is 1. The van der Waals surface area contributed by atoms with Crippen LogP contribution in [0.2, 0.25) is 0 Å². The van der Waals surface area contributed by atoms with Crippen LogP contribution in [0.25, 0.3) is 22.3 Å². The van der Waals surface area contributed by atoms with E-state index < -0.39 is 0 Å². The minimum absolute atomic E-state index is 0.223. The summed E-state index contributed by atoms with van der Waals surface area (Å²) in [6, 6.07) is 8.20. The van der Waals surface area contributed by atoms with Crippen LogP contribution >= 0.6 is 0 Å². The standard InChI is InChI=1S/C23H28N6O/c24-8-5-16-11-17(12-16)23(30)28-9-6-19(7-10-28)29-15-18(13-26-29)22-14-25-20-3-1-2-4-21(20)27-22/h1-4,13-17,19H,5-12,24H2. The summed E-state index contributed by atoms with van der Waals surface area (Å²) >= 11 is 0. The summed E-state index contributed by atoms with van der Waals surface area (Å²) in [4.78, 5) is 24.0. The van der Waals surface area contributed by atoms with Gasteiger partial charge in [0, 0.05) is 30.8 Å². The lowest BCUT2D eigenvalue weighted by Gasteiger charge is -2.40. The van der Waals surface area contributed by atoms with Crippen molar-refractivity contribution >= 4 is 16.9 Å². The molecule has 0 unspecified atom stereocenters. The van der Waals surface area contributed by atoms with E-state index in [1.54, 1.807) is 0 Å². The lowest BCUT2D eigenvalue weighted by atomic mass is 9.72. The fourth-order valence-electron chi connectivity index (χ4n) is 4.78. The smallest absolute Gasteiger partial charge is 0.225 e. The molecule has 1 aromatic carbocycles. The summed E-state index contributed by atoms with van der Waals surface area (Å²) < 4.78 is 2.04. The maximum absolute atomic E-state index is 12.7. The Morgan fingerprint density at radius 3 is 2.63 bits per heavy atom. The van der Waals surface area contributed by atoms with Gasteiger partial charge in [-0.2, -0.15) is 5.10 Å². The Kier molecular flexibility index (Phi) is 5.21. The van der Waals surface area contributed by atoms with Crippen LogP contribution in [0.1, 0.15) is 38.1 Å². The molecule has 5 rings (SSSR count). The van der Waals surface area contributed by atoms with Crippen molar-refractivity contribution in [1.82, 2.24) is 24.6 Å². The van der Waals surface area contributed by atoms with Crippen molar-refractivity contribution in [3.05, 3.63) is 42.9 Å². The minimum atomic E-state index is 0.223. The van der Waals surface area contributed by atoms with Crippen molar-refractivity contribution in [2.24, 2.45) is 17.6 Å². The molecule has 1 aliphatic carbocycles. The largest absolute Gasteiger partial charge is 0.342 e. The maximum atomic E-state index is 12.7. The third-order valence-corrected chi connectivity index (χ3v) is 6.66. The van der Waals surface area contributed by atoms with Crippen LogP contribution in [0.15, 0.2) is 42.9 Å². The summed E-state index contributed by atoms with van der Waals surface area (Å²) in [7, 11) is 0. The van der Waals surface area contributed by atoms with E-state index in [1.807, 2.05) is 41.3 Å². The van der Waals surface area contributed by atoms with Gasteiger partial charge in [0.1, 0.15) is 0 Å². The predicted octanol–water partition coefficient (Wildman–Crippen LogP) is 3.03. The zero-order valence-electron chi connectivity index (χ0n) is 17.2. The highest BCUT2D eigenvalue weighted by Gasteiger charge is 2.37. The van der Waals surface area contributed by atoms with Gasteiger partial charge < -0.3 is 10.6 Å². The minimum Gasteiger partial charge on any atom is -0.342 e. The number of carbonyl (C=O) groups is 1. The number of nitrogens with two attached hydrogens (primary N) is 1. The molecule has 156 valence electrons. The third-order valence-electron chi connectivity index (χ3n) is 6.66. The number of fused-ring (bicyclic) bond motifs is 1. The van der Waals surface area contributed by atoms with Crippen LogP contribution in [-0.2, 0) is 4.79 Å². The molecule has 2 fully saturated rings. The number of para-hydroxylation sites is 2. The SMILES string of the molecule is NCCC1CC(C(=O)N2CCC(n3cc(-c4cnc5ccccc5n4)cn3)CC2)C1. The molecule has 2 N–H and O–H groups in total. The highest BCUT2D eigenvalue weighted by Crippen LogP contribution is 2.38. The average molecular weight is 405 g/mol. The fraction of sp³-hybridized carbons (Fsp3) is 0.478. The van der Waals surface area contributed by atoms with Crippen molar-refractivity contribution < 1.29 is 4.79 Å². The zero-order valence-corrected chi connectivity index (χ0v) is 17.2. The lowest BCUT2D eigenvalue weighted by molar-refractivity contribution is -0.141. The van der Waals surface area contributed by atoms with E-state index in [4.69, 9.17) is 10.7 Å². The van der Waals surface area contributed by atoms with Gasteiger partial charge >= 0.3 is 0 Å². The van der Waals surface area contributed by atoms with E-state index in [0.717, 1.165) is 74.0 Å². The van der Waals surface area contributed by atoms with Crippen molar-refractivity contribution in [2.75, 3.05) is 19.6 Å². The Hall–Kier alpha value is -2.80. The molecule has 0 radical (unpaired) electrons. The first-order valence-electron chi connectivity index (χ1n) is 11.0. The number of piperidine rings is 1. The van der Waals surface area contributed by atoms with Gasteiger partial charge in [0.2, 0.25) is 5.91 Å². The number of carbonyl (C=O) groups excluding carboxylic acids is 1. The Bertz CT molecular complexity index is 1030. The molecule has 3 heterocycles. The molecule has 1 saturated carbocycles. The Labute approximate surface area is 176 Å². The lowest BCUT2D eigenvalue weighted by Crippen LogP contribution is -2.46. The van der Waals surface area contributed by atoms with Crippen LogP contribution in [0, 0.1) is 11.8 Å². The Balaban J connectivity index is 1.20. The summed E-state index contributed by atoms with van der Waals surface area (Å²) in [6.45, 7) is 2.35.